The van der Waals surface area contributed by atoms with Gasteiger partial charge in [-0.25, -0.2) is 17.5 Å². The van der Waals surface area contributed by atoms with Crippen LogP contribution in [-0.2, 0) is 16.6 Å². The minimum atomic E-state index is -4.28. The minimum Gasteiger partial charge on any atom is -0.492 e. The van der Waals surface area contributed by atoms with Crippen LogP contribution >= 0.6 is 23.2 Å². The van der Waals surface area contributed by atoms with E-state index in [1.54, 1.807) is 12.1 Å². The third-order valence-corrected chi connectivity index (χ3v) is 7.94. The van der Waals surface area contributed by atoms with Gasteiger partial charge in [0.25, 0.3) is 15.9 Å². The number of ether oxygens (including phenoxy) is 2. The Morgan fingerprint density at radius 2 is 1.67 bits per heavy atom. The summed E-state index contributed by atoms with van der Waals surface area (Å²) in [5.41, 5.74) is 0.273. The number of halogens is 3. The minimum absolute atomic E-state index is 0.0250. The fourth-order valence-electron chi connectivity index (χ4n) is 3.93. The Kier molecular flexibility index (Phi) is 8.39. The summed E-state index contributed by atoms with van der Waals surface area (Å²) < 4.78 is 53.2. The molecule has 1 aliphatic carbocycles. The summed E-state index contributed by atoms with van der Waals surface area (Å²) in [4.78, 5) is 12.4. The molecule has 1 saturated carbocycles. The molecule has 3 aromatic carbocycles. The van der Waals surface area contributed by atoms with Gasteiger partial charge in [-0.15, -0.1) is 0 Å². The predicted octanol–water partition coefficient (Wildman–Crippen LogP) is 6.40. The van der Waals surface area contributed by atoms with Crippen LogP contribution in [0.2, 0.25) is 10.0 Å². The molecule has 1 aliphatic rings. The van der Waals surface area contributed by atoms with Gasteiger partial charge in [-0.05, 0) is 55.2 Å². The highest BCUT2D eigenvalue weighted by atomic mass is 35.5. The molecule has 1 amide bonds. The van der Waals surface area contributed by atoms with Crippen molar-refractivity contribution < 1.29 is 27.1 Å². The number of amides is 1. The van der Waals surface area contributed by atoms with Gasteiger partial charge in [0.05, 0.1) is 22.1 Å². The number of rotatable bonds is 9. The topological polar surface area (TPSA) is 81.7 Å². The van der Waals surface area contributed by atoms with Crippen LogP contribution in [0.25, 0.3) is 0 Å². The molecule has 6 nitrogen and oxygen atoms in total. The fourth-order valence-corrected chi connectivity index (χ4v) is 5.30. The molecule has 0 radical (unpaired) electrons. The van der Waals surface area contributed by atoms with Crippen LogP contribution in [0.4, 0.5) is 4.39 Å². The second kappa shape index (κ2) is 11.5. The van der Waals surface area contributed by atoms with Crippen LogP contribution in [-0.4, -0.2) is 20.9 Å². The van der Waals surface area contributed by atoms with E-state index < -0.39 is 27.3 Å². The number of benzene rings is 3. The van der Waals surface area contributed by atoms with E-state index in [0.29, 0.717) is 23.3 Å². The first-order valence-electron chi connectivity index (χ1n) is 11.4. The summed E-state index contributed by atoms with van der Waals surface area (Å²) in [6.07, 6.45) is 4.38. The van der Waals surface area contributed by atoms with Gasteiger partial charge in [0.1, 0.15) is 23.9 Å². The maximum atomic E-state index is 14.6. The third kappa shape index (κ3) is 6.49. The van der Waals surface area contributed by atoms with Gasteiger partial charge in [-0.3, -0.25) is 4.79 Å². The zero-order valence-corrected chi connectivity index (χ0v) is 21.5. The van der Waals surface area contributed by atoms with Crippen molar-refractivity contribution in [3.8, 4) is 11.5 Å². The van der Waals surface area contributed by atoms with Crippen LogP contribution in [0.1, 0.15) is 41.6 Å². The molecule has 1 fully saturated rings. The first kappa shape index (κ1) is 26.3. The molecule has 0 unspecified atom stereocenters. The third-order valence-electron chi connectivity index (χ3n) is 5.93. The van der Waals surface area contributed by atoms with Gasteiger partial charge >= 0.3 is 0 Å². The average Bonchev–Trinajstić information content (AvgIpc) is 3.37. The lowest BCUT2D eigenvalue weighted by atomic mass is 10.1. The van der Waals surface area contributed by atoms with Crippen LogP contribution in [0.5, 0.6) is 11.5 Å². The maximum Gasteiger partial charge on any atom is 0.268 e. The van der Waals surface area contributed by atoms with E-state index in [1.807, 2.05) is 16.9 Å². The zero-order chi connectivity index (χ0) is 25.7. The van der Waals surface area contributed by atoms with Crippen LogP contribution in [0, 0.1) is 11.7 Å². The van der Waals surface area contributed by atoms with Gasteiger partial charge in [0.15, 0.2) is 0 Å². The van der Waals surface area contributed by atoms with Crippen molar-refractivity contribution >= 4 is 39.1 Å². The Labute approximate surface area is 219 Å². The van der Waals surface area contributed by atoms with E-state index >= 15 is 0 Å². The van der Waals surface area contributed by atoms with Crippen molar-refractivity contribution in [2.45, 2.75) is 37.2 Å². The Balaban J connectivity index is 1.39. The number of sulfonamides is 1. The zero-order valence-electron chi connectivity index (χ0n) is 19.2. The molecule has 1 N–H and O–H groups in total. The highest BCUT2D eigenvalue weighted by molar-refractivity contribution is 7.90. The molecule has 3 aromatic rings. The maximum absolute atomic E-state index is 14.6. The van der Waals surface area contributed by atoms with Crippen molar-refractivity contribution in [1.29, 1.82) is 0 Å². The molecule has 0 bridgehead atoms. The molecule has 0 heterocycles. The summed E-state index contributed by atoms with van der Waals surface area (Å²) in [6, 6.07) is 14.7. The summed E-state index contributed by atoms with van der Waals surface area (Å²) in [6.45, 7) is 0.611. The number of carbonyl (C=O) groups excluding carboxylic acids is 1. The van der Waals surface area contributed by atoms with E-state index in [2.05, 4.69) is 0 Å². The second-order valence-electron chi connectivity index (χ2n) is 8.51. The SMILES string of the molecule is O=C(NS(=O)(=O)c1ccc(OCc2ccccc2Cl)cc1)c1cc(Cl)c(OCC2CCCC2)cc1F. The number of carbonyl (C=O) groups is 1. The van der Waals surface area contributed by atoms with Crippen molar-refractivity contribution in [3.63, 3.8) is 0 Å². The molecule has 190 valence electrons. The molecular formula is C26H24Cl2FNO5S. The predicted molar refractivity (Wildman–Crippen MR) is 136 cm³/mol. The van der Waals surface area contributed by atoms with Crippen molar-refractivity contribution in [1.82, 2.24) is 4.72 Å². The molecule has 0 aliphatic heterocycles. The van der Waals surface area contributed by atoms with Crippen molar-refractivity contribution in [2.75, 3.05) is 6.61 Å². The smallest absolute Gasteiger partial charge is 0.268 e. The van der Waals surface area contributed by atoms with Gasteiger partial charge in [-0.1, -0.05) is 54.2 Å². The Morgan fingerprint density at radius 1 is 0.972 bits per heavy atom. The first-order chi connectivity index (χ1) is 17.2. The van der Waals surface area contributed by atoms with Gasteiger partial charge in [0.2, 0.25) is 0 Å². The Bertz CT molecular complexity index is 1340. The van der Waals surface area contributed by atoms with Gasteiger partial charge < -0.3 is 9.47 Å². The standard InChI is InChI=1S/C26H24Cl2FNO5S/c27-22-8-4-3-7-18(22)16-34-19-9-11-20(12-10-19)36(32,33)30-26(31)21-13-23(28)25(14-24(21)29)35-15-17-5-1-2-6-17/h3-4,7-14,17H,1-2,5-6,15-16H2,(H,30,31). The number of hydrogen-bond acceptors (Lipinski definition) is 5. The number of nitrogens with one attached hydrogen (secondary N) is 1. The second-order valence-corrected chi connectivity index (χ2v) is 11.0. The van der Waals surface area contributed by atoms with E-state index in [9.17, 15) is 17.6 Å². The van der Waals surface area contributed by atoms with E-state index in [4.69, 9.17) is 32.7 Å². The van der Waals surface area contributed by atoms with Crippen LogP contribution < -0.4 is 14.2 Å². The first-order valence-corrected chi connectivity index (χ1v) is 13.6. The molecule has 0 aromatic heterocycles. The summed E-state index contributed by atoms with van der Waals surface area (Å²) >= 11 is 12.3. The highest BCUT2D eigenvalue weighted by Crippen LogP contribution is 2.31. The normalized spacial score (nSPS) is 14.0. The number of hydrogen-bond donors (Lipinski definition) is 1. The van der Waals surface area contributed by atoms with E-state index in [0.717, 1.165) is 43.4 Å². The lowest BCUT2D eigenvalue weighted by Crippen LogP contribution is -2.31. The molecule has 4 rings (SSSR count). The molecule has 0 spiro atoms. The lowest BCUT2D eigenvalue weighted by molar-refractivity contribution is 0.0977. The quantitative estimate of drug-likeness (QED) is 0.332. The van der Waals surface area contributed by atoms with Gasteiger partial charge in [-0.2, -0.15) is 0 Å². The molecule has 36 heavy (non-hydrogen) atoms. The van der Waals surface area contributed by atoms with Crippen LogP contribution in [0.3, 0.4) is 0 Å². The van der Waals surface area contributed by atoms with E-state index in [1.165, 1.54) is 24.3 Å². The average molecular weight is 552 g/mol. The van der Waals surface area contributed by atoms with Gasteiger partial charge in [0, 0.05) is 16.7 Å². The summed E-state index contributed by atoms with van der Waals surface area (Å²) in [7, 11) is -4.28. The lowest BCUT2D eigenvalue weighted by Gasteiger charge is -2.14. The van der Waals surface area contributed by atoms with Crippen LogP contribution in [0.15, 0.2) is 65.6 Å². The van der Waals surface area contributed by atoms with E-state index in [-0.39, 0.29) is 22.3 Å². The molecule has 0 saturated heterocycles. The van der Waals surface area contributed by atoms with Crippen molar-refractivity contribution in [3.05, 3.63) is 87.7 Å². The Morgan fingerprint density at radius 3 is 2.36 bits per heavy atom. The molecule has 0 atom stereocenters. The Hall–Kier alpha value is -2.81. The monoisotopic (exact) mass is 551 g/mol. The fraction of sp³-hybridized carbons (Fsp3) is 0.269. The molecule has 10 heteroatoms. The molecular weight excluding hydrogens is 528 g/mol. The summed E-state index contributed by atoms with van der Waals surface area (Å²) in [5.74, 6) is -1.16. The highest BCUT2D eigenvalue weighted by Gasteiger charge is 2.23. The largest absolute Gasteiger partial charge is 0.492 e. The summed E-state index contributed by atoms with van der Waals surface area (Å²) in [5, 5.41) is 0.581. The van der Waals surface area contributed by atoms with Crippen molar-refractivity contribution in [2.24, 2.45) is 5.92 Å².